The number of benzene rings is 3. The summed E-state index contributed by atoms with van der Waals surface area (Å²) < 4.78 is 10.6. The van der Waals surface area contributed by atoms with Crippen molar-refractivity contribution < 1.29 is 28.7 Å². The molecule has 43 heavy (non-hydrogen) atoms. The number of imide groups is 1. The van der Waals surface area contributed by atoms with Crippen LogP contribution < -0.4 is 9.64 Å². The number of methoxy groups -OCH3 is 1. The highest BCUT2D eigenvalue weighted by atomic mass is 35.5. The third-order valence-corrected chi connectivity index (χ3v) is 8.84. The van der Waals surface area contributed by atoms with Crippen LogP contribution in [0.15, 0.2) is 84.9 Å². The molecule has 0 N–H and O–H groups in total. The van der Waals surface area contributed by atoms with E-state index >= 15 is 0 Å². The van der Waals surface area contributed by atoms with Crippen LogP contribution in [0.2, 0.25) is 5.02 Å². The Bertz CT molecular complexity index is 1840. The van der Waals surface area contributed by atoms with Crippen molar-refractivity contribution in [1.82, 2.24) is 4.98 Å². The first kappa shape index (κ1) is 27.0. The minimum atomic E-state index is -0.702. The minimum Gasteiger partial charge on any atom is -0.497 e. The summed E-state index contributed by atoms with van der Waals surface area (Å²) in [5.74, 6) is -1.13. The predicted molar refractivity (Wildman–Crippen MR) is 160 cm³/mol. The molecular formula is C34H25ClN2O6. The van der Waals surface area contributed by atoms with Crippen LogP contribution in [-0.4, -0.2) is 42.3 Å². The zero-order chi connectivity index (χ0) is 29.8. The zero-order valence-corrected chi connectivity index (χ0v) is 23.8. The van der Waals surface area contributed by atoms with Gasteiger partial charge in [0.25, 0.3) is 0 Å². The predicted octanol–water partition coefficient (Wildman–Crippen LogP) is 5.92. The van der Waals surface area contributed by atoms with Crippen LogP contribution in [0, 0.1) is 23.7 Å². The molecule has 3 aromatic carbocycles. The standard InChI is InChI=1S/C34H25ClN2O6/c1-42-24-4-2-3-19(14-24)29(38)17-43-34(41)26-16-28(36-27-12-9-22(35)15-25(26)27)18-7-10-23(11-8-18)37-32(39)30-20-5-6-21(13-20)31(30)33(37)40/h2-12,14-16,20-21,30-31H,13,17H2,1H3. The number of fused-ring (bicyclic) bond motifs is 6. The molecule has 1 aliphatic heterocycles. The summed E-state index contributed by atoms with van der Waals surface area (Å²) in [7, 11) is 1.51. The van der Waals surface area contributed by atoms with E-state index in [9.17, 15) is 19.2 Å². The van der Waals surface area contributed by atoms with Crippen LogP contribution in [0.3, 0.4) is 0 Å². The second-order valence-corrected chi connectivity index (χ2v) is 11.4. The highest BCUT2D eigenvalue weighted by Gasteiger charge is 2.59. The largest absolute Gasteiger partial charge is 0.497 e. The van der Waals surface area contributed by atoms with E-state index in [4.69, 9.17) is 26.1 Å². The van der Waals surface area contributed by atoms with E-state index in [0.717, 1.165) is 6.42 Å². The van der Waals surface area contributed by atoms with E-state index in [0.29, 0.717) is 44.2 Å². The lowest BCUT2D eigenvalue weighted by molar-refractivity contribution is -0.123. The normalized spacial score (nSPS) is 21.9. The van der Waals surface area contributed by atoms with Gasteiger partial charge in [0.05, 0.1) is 41.4 Å². The third kappa shape index (κ3) is 4.58. The van der Waals surface area contributed by atoms with Crippen LogP contribution in [-0.2, 0) is 14.3 Å². The summed E-state index contributed by atoms with van der Waals surface area (Å²) in [6, 6.07) is 20.2. The van der Waals surface area contributed by atoms with Crippen molar-refractivity contribution >= 4 is 51.8 Å². The van der Waals surface area contributed by atoms with Crippen molar-refractivity contribution in [2.75, 3.05) is 18.6 Å². The molecule has 7 rings (SSSR count). The molecule has 2 aliphatic carbocycles. The number of esters is 1. The summed E-state index contributed by atoms with van der Waals surface area (Å²) in [6.45, 7) is -0.461. The number of amides is 2. The first-order valence-corrected chi connectivity index (χ1v) is 14.3. The molecule has 2 heterocycles. The van der Waals surface area contributed by atoms with Gasteiger partial charge in [0.1, 0.15) is 5.75 Å². The maximum absolute atomic E-state index is 13.3. The molecule has 2 bridgehead atoms. The molecule has 0 spiro atoms. The van der Waals surface area contributed by atoms with Crippen molar-refractivity contribution in [3.8, 4) is 17.0 Å². The van der Waals surface area contributed by atoms with E-state index in [1.54, 1.807) is 72.8 Å². The fraction of sp³-hybridized carbons (Fsp3) is 0.206. The van der Waals surface area contributed by atoms with Crippen molar-refractivity contribution in [3.05, 3.63) is 101 Å². The topological polar surface area (TPSA) is 103 Å². The number of nitrogens with zero attached hydrogens (tertiary/aromatic N) is 2. The molecule has 0 radical (unpaired) electrons. The lowest BCUT2D eigenvalue weighted by atomic mass is 9.85. The zero-order valence-electron chi connectivity index (χ0n) is 23.0. The van der Waals surface area contributed by atoms with Crippen LogP contribution in [0.25, 0.3) is 22.2 Å². The summed E-state index contributed by atoms with van der Waals surface area (Å²) in [4.78, 5) is 58.5. The molecular weight excluding hydrogens is 568 g/mol. The number of ketones is 1. The molecule has 9 heteroatoms. The van der Waals surface area contributed by atoms with Gasteiger partial charge in [-0.05, 0) is 66.8 Å². The molecule has 4 unspecified atom stereocenters. The number of rotatable bonds is 7. The number of carbonyl (C=O) groups excluding carboxylic acids is 4. The maximum atomic E-state index is 13.3. The quantitative estimate of drug-likeness (QED) is 0.114. The van der Waals surface area contributed by atoms with Crippen LogP contribution in [0.4, 0.5) is 5.69 Å². The van der Waals surface area contributed by atoms with Gasteiger partial charge in [-0.15, -0.1) is 0 Å². The number of hydrogen-bond donors (Lipinski definition) is 0. The Labute approximate surface area is 251 Å². The second kappa shape index (κ2) is 10.5. The van der Waals surface area contributed by atoms with E-state index in [-0.39, 0.29) is 46.8 Å². The number of Topliss-reactive ketones (excluding diaryl/α,β-unsaturated/α-hetero) is 1. The second-order valence-electron chi connectivity index (χ2n) is 11.0. The van der Waals surface area contributed by atoms with Gasteiger partial charge >= 0.3 is 5.97 Å². The van der Waals surface area contributed by atoms with E-state index in [1.807, 2.05) is 0 Å². The lowest BCUT2D eigenvalue weighted by Crippen LogP contribution is -2.32. The van der Waals surface area contributed by atoms with E-state index < -0.39 is 12.6 Å². The molecule has 4 aromatic rings. The van der Waals surface area contributed by atoms with Crippen molar-refractivity contribution in [1.29, 1.82) is 0 Å². The molecule has 3 aliphatic rings. The van der Waals surface area contributed by atoms with Gasteiger partial charge in [-0.1, -0.05) is 48.0 Å². The summed E-state index contributed by atoms with van der Waals surface area (Å²) >= 11 is 6.24. The number of halogens is 1. The highest BCUT2D eigenvalue weighted by molar-refractivity contribution is 6.31. The third-order valence-electron chi connectivity index (χ3n) is 8.61. The van der Waals surface area contributed by atoms with Crippen LogP contribution in [0.5, 0.6) is 5.75 Å². The monoisotopic (exact) mass is 592 g/mol. The number of hydrogen-bond acceptors (Lipinski definition) is 7. The molecule has 2 fully saturated rings. The molecule has 1 aromatic heterocycles. The van der Waals surface area contributed by atoms with Gasteiger partial charge < -0.3 is 9.47 Å². The number of aromatic nitrogens is 1. The van der Waals surface area contributed by atoms with Crippen molar-refractivity contribution in [2.45, 2.75) is 6.42 Å². The number of carbonyl (C=O) groups is 4. The Morgan fingerprint density at radius 3 is 2.35 bits per heavy atom. The molecule has 1 saturated heterocycles. The molecule has 4 atom stereocenters. The van der Waals surface area contributed by atoms with Gasteiger partial charge in [0, 0.05) is 21.5 Å². The number of pyridine rings is 1. The number of allylic oxidation sites excluding steroid dienone is 2. The lowest BCUT2D eigenvalue weighted by Gasteiger charge is -2.17. The Kier molecular flexibility index (Phi) is 6.58. The fourth-order valence-corrected chi connectivity index (χ4v) is 6.71. The summed E-state index contributed by atoms with van der Waals surface area (Å²) in [6.07, 6.45) is 5.01. The maximum Gasteiger partial charge on any atom is 0.339 e. The summed E-state index contributed by atoms with van der Waals surface area (Å²) in [5.41, 5.74) is 2.73. The molecule has 1 saturated carbocycles. The highest BCUT2D eigenvalue weighted by Crippen LogP contribution is 2.53. The smallest absolute Gasteiger partial charge is 0.339 e. The Morgan fingerprint density at radius 1 is 0.930 bits per heavy atom. The van der Waals surface area contributed by atoms with Gasteiger partial charge in [-0.2, -0.15) is 0 Å². The average molecular weight is 593 g/mol. The SMILES string of the molecule is COc1cccc(C(=O)COC(=O)c2cc(-c3ccc(N4C(=O)C5C6C=CC(C6)C5C4=O)cc3)nc3ccc(Cl)cc23)c1. The van der Waals surface area contributed by atoms with Crippen molar-refractivity contribution in [2.24, 2.45) is 23.7 Å². The van der Waals surface area contributed by atoms with Gasteiger partial charge in [0.2, 0.25) is 11.8 Å². The van der Waals surface area contributed by atoms with E-state index in [2.05, 4.69) is 12.2 Å². The van der Waals surface area contributed by atoms with Crippen LogP contribution in [0.1, 0.15) is 27.1 Å². The molecule has 2 amide bonds. The number of anilines is 1. The Balaban J connectivity index is 1.16. The van der Waals surface area contributed by atoms with Crippen molar-refractivity contribution in [3.63, 3.8) is 0 Å². The first-order chi connectivity index (χ1) is 20.8. The summed E-state index contributed by atoms with van der Waals surface area (Å²) in [5, 5.41) is 0.899. The average Bonchev–Trinajstić information content (AvgIpc) is 3.72. The van der Waals surface area contributed by atoms with E-state index in [1.165, 1.54) is 12.0 Å². The molecule has 8 nitrogen and oxygen atoms in total. The van der Waals surface area contributed by atoms with Gasteiger partial charge in [0.15, 0.2) is 12.4 Å². The molecule has 214 valence electrons. The fourth-order valence-electron chi connectivity index (χ4n) is 6.54. The van der Waals surface area contributed by atoms with Gasteiger partial charge in [-0.25, -0.2) is 9.78 Å². The van der Waals surface area contributed by atoms with Crippen LogP contribution >= 0.6 is 11.6 Å². The number of ether oxygens (including phenoxy) is 2. The Morgan fingerprint density at radius 2 is 1.65 bits per heavy atom. The van der Waals surface area contributed by atoms with Gasteiger partial charge in [-0.3, -0.25) is 19.3 Å². The first-order valence-electron chi connectivity index (χ1n) is 13.9. The minimum absolute atomic E-state index is 0.134. The Hall–Kier alpha value is -4.82.